The van der Waals surface area contributed by atoms with E-state index in [0.717, 1.165) is 36.8 Å². The molecular weight excluding hydrogens is 443 g/mol. The number of rotatable bonds is 4. The lowest BCUT2D eigenvalue weighted by Crippen LogP contribution is -2.34. The number of aryl methyl sites for hydroxylation is 1. The Morgan fingerprint density at radius 2 is 1.66 bits per heavy atom. The zero-order valence-electron chi connectivity index (χ0n) is 17.6. The quantitative estimate of drug-likeness (QED) is 0.729. The molecule has 2 aliphatic heterocycles. The lowest BCUT2D eigenvalue weighted by atomic mass is 10.0. The largest absolute Gasteiger partial charge is 0.416 e. The molecule has 0 spiro atoms. The van der Waals surface area contributed by atoms with Crippen molar-refractivity contribution in [2.75, 3.05) is 40.4 Å². The van der Waals surface area contributed by atoms with E-state index in [1.807, 2.05) is 4.90 Å². The van der Waals surface area contributed by atoms with E-state index in [1.54, 1.807) is 12.1 Å². The number of hydrogen-bond donors (Lipinski definition) is 1. The molecule has 1 N–H and O–H groups in total. The van der Waals surface area contributed by atoms with Crippen LogP contribution in [-0.2, 0) is 22.6 Å². The van der Waals surface area contributed by atoms with Gasteiger partial charge in [-0.2, -0.15) is 13.2 Å². The third-order valence-corrected chi connectivity index (χ3v) is 7.02. The van der Waals surface area contributed by atoms with Crippen LogP contribution >= 0.6 is 0 Å². The Bertz CT molecular complexity index is 1140. The molecule has 0 bridgehead atoms. The number of hydrogen-bond acceptors (Lipinski definition) is 4. The first-order valence-corrected chi connectivity index (χ1v) is 12.3. The first kappa shape index (κ1) is 22.4. The second-order valence-electron chi connectivity index (χ2n) is 8.16. The fraction of sp³-hybridized carbons (Fsp3) is 0.409. The van der Waals surface area contributed by atoms with Crippen LogP contribution in [0.15, 0.2) is 36.4 Å². The summed E-state index contributed by atoms with van der Waals surface area (Å²) in [6, 6.07) is 8.10. The van der Waals surface area contributed by atoms with Crippen LogP contribution in [0.4, 0.5) is 30.2 Å². The summed E-state index contributed by atoms with van der Waals surface area (Å²) in [6.07, 6.45) is -0.269. The highest BCUT2D eigenvalue weighted by Crippen LogP contribution is 2.37. The molecule has 6 nitrogen and oxygen atoms in total. The SMILES string of the molecule is CS(=O)(=O)N1CCCc2cc(C(=O)Nc3cc(C(F)(F)F)ccc3N3CCCC3)ccc21. The Balaban J connectivity index is 1.65. The van der Waals surface area contributed by atoms with Crippen LogP contribution in [0, 0.1) is 0 Å². The summed E-state index contributed by atoms with van der Waals surface area (Å²) < 4.78 is 65.2. The van der Waals surface area contributed by atoms with Crippen LogP contribution in [0.5, 0.6) is 0 Å². The Labute approximate surface area is 185 Å². The number of amides is 1. The van der Waals surface area contributed by atoms with Gasteiger partial charge in [-0.15, -0.1) is 0 Å². The summed E-state index contributed by atoms with van der Waals surface area (Å²) >= 11 is 0. The van der Waals surface area contributed by atoms with E-state index >= 15 is 0 Å². The fourth-order valence-electron chi connectivity index (χ4n) is 4.29. The van der Waals surface area contributed by atoms with E-state index in [2.05, 4.69) is 5.32 Å². The Morgan fingerprint density at radius 1 is 0.969 bits per heavy atom. The number of halogens is 3. The summed E-state index contributed by atoms with van der Waals surface area (Å²) in [5.41, 5.74) is 1.37. The number of alkyl halides is 3. The van der Waals surface area contributed by atoms with E-state index in [0.29, 0.717) is 43.9 Å². The van der Waals surface area contributed by atoms with Crippen molar-refractivity contribution >= 4 is 33.0 Å². The average Bonchev–Trinajstić information content (AvgIpc) is 3.26. The van der Waals surface area contributed by atoms with Gasteiger partial charge in [0.2, 0.25) is 10.0 Å². The summed E-state index contributed by atoms with van der Waals surface area (Å²) in [5, 5.41) is 2.65. The molecule has 2 aromatic carbocycles. The summed E-state index contributed by atoms with van der Waals surface area (Å²) in [5.74, 6) is -0.538. The van der Waals surface area contributed by atoms with Crippen LogP contribution in [0.2, 0.25) is 0 Å². The van der Waals surface area contributed by atoms with Crippen molar-refractivity contribution in [3.63, 3.8) is 0 Å². The first-order valence-electron chi connectivity index (χ1n) is 10.4. The maximum atomic E-state index is 13.3. The third kappa shape index (κ3) is 4.55. The maximum Gasteiger partial charge on any atom is 0.416 e. The molecule has 10 heteroatoms. The number of carbonyl (C=O) groups is 1. The highest BCUT2D eigenvalue weighted by atomic mass is 32.2. The number of nitrogens with zero attached hydrogens (tertiary/aromatic N) is 2. The first-order chi connectivity index (χ1) is 15.0. The topological polar surface area (TPSA) is 69.7 Å². The van der Waals surface area contributed by atoms with Gasteiger partial charge in [-0.25, -0.2) is 8.42 Å². The van der Waals surface area contributed by atoms with Crippen molar-refractivity contribution in [3.05, 3.63) is 53.1 Å². The van der Waals surface area contributed by atoms with Gasteiger partial charge in [0.1, 0.15) is 0 Å². The fourth-order valence-corrected chi connectivity index (χ4v) is 5.29. The lowest BCUT2D eigenvalue weighted by Gasteiger charge is -2.29. The van der Waals surface area contributed by atoms with Crippen molar-refractivity contribution in [3.8, 4) is 0 Å². The molecule has 1 amide bonds. The molecule has 4 rings (SSSR count). The molecule has 2 aliphatic rings. The molecule has 1 fully saturated rings. The Morgan fingerprint density at radius 3 is 2.31 bits per heavy atom. The number of carbonyl (C=O) groups excluding carboxylic acids is 1. The number of nitrogens with one attached hydrogen (secondary N) is 1. The predicted octanol–water partition coefficient (Wildman–Crippen LogP) is 4.27. The second-order valence-corrected chi connectivity index (χ2v) is 10.1. The highest BCUT2D eigenvalue weighted by Gasteiger charge is 2.32. The number of benzene rings is 2. The van der Waals surface area contributed by atoms with Gasteiger partial charge in [-0.3, -0.25) is 9.10 Å². The van der Waals surface area contributed by atoms with E-state index < -0.39 is 27.7 Å². The Hall–Kier alpha value is -2.75. The second kappa shape index (κ2) is 8.31. The maximum absolute atomic E-state index is 13.3. The van der Waals surface area contributed by atoms with Gasteiger partial charge in [-0.05, 0) is 67.6 Å². The molecule has 2 aromatic rings. The van der Waals surface area contributed by atoms with Gasteiger partial charge in [0.05, 0.1) is 28.9 Å². The van der Waals surface area contributed by atoms with Crippen LogP contribution in [0.3, 0.4) is 0 Å². The van der Waals surface area contributed by atoms with Crippen molar-refractivity contribution in [1.82, 2.24) is 0 Å². The summed E-state index contributed by atoms with van der Waals surface area (Å²) in [4.78, 5) is 14.9. The molecule has 0 aromatic heterocycles. The standard InChI is InChI=1S/C22H24F3N3O3S/c1-32(30,31)28-12-4-5-15-13-16(6-8-19(15)28)21(29)26-18-14-17(22(23,24)25)7-9-20(18)27-10-2-3-11-27/h6-9,13-14H,2-5,10-12H2,1H3,(H,26,29). The van der Waals surface area contributed by atoms with E-state index in [1.165, 1.54) is 16.4 Å². The predicted molar refractivity (Wildman–Crippen MR) is 118 cm³/mol. The van der Waals surface area contributed by atoms with Crippen molar-refractivity contribution in [2.24, 2.45) is 0 Å². The number of anilines is 3. The summed E-state index contributed by atoms with van der Waals surface area (Å²) in [6.45, 7) is 1.81. The number of fused-ring (bicyclic) bond motifs is 1. The minimum atomic E-state index is -4.52. The van der Waals surface area contributed by atoms with Crippen LogP contribution in [-0.4, -0.2) is 40.2 Å². The van der Waals surface area contributed by atoms with Gasteiger partial charge in [0.25, 0.3) is 5.91 Å². The van der Waals surface area contributed by atoms with Crippen LogP contribution < -0.4 is 14.5 Å². The molecular formula is C22H24F3N3O3S. The van der Waals surface area contributed by atoms with Gasteiger partial charge in [0, 0.05) is 25.2 Å². The molecule has 0 unspecified atom stereocenters. The molecule has 2 heterocycles. The number of sulfonamides is 1. The molecule has 0 atom stereocenters. The zero-order valence-corrected chi connectivity index (χ0v) is 18.4. The minimum absolute atomic E-state index is 0.113. The van der Waals surface area contributed by atoms with Gasteiger partial charge < -0.3 is 10.2 Å². The lowest BCUT2D eigenvalue weighted by molar-refractivity contribution is -0.137. The van der Waals surface area contributed by atoms with Gasteiger partial charge >= 0.3 is 6.18 Å². The minimum Gasteiger partial charge on any atom is -0.370 e. The smallest absolute Gasteiger partial charge is 0.370 e. The molecule has 32 heavy (non-hydrogen) atoms. The van der Waals surface area contributed by atoms with Crippen LogP contribution in [0.1, 0.15) is 40.7 Å². The highest BCUT2D eigenvalue weighted by molar-refractivity contribution is 7.92. The molecule has 0 aliphatic carbocycles. The van der Waals surface area contributed by atoms with Crippen molar-refractivity contribution in [2.45, 2.75) is 31.9 Å². The zero-order chi connectivity index (χ0) is 23.1. The van der Waals surface area contributed by atoms with Crippen LogP contribution in [0.25, 0.3) is 0 Å². The average molecular weight is 468 g/mol. The van der Waals surface area contributed by atoms with Crippen molar-refractivity contribution < 1.29 is 26.4 Å². The third-order valence-electron chi connectivity index (χ3n) is 5.84. The molecule has 1 saturated heterocycles. The van der Waals surface area contributed by atoms with Gasteiger partial charge in [-0.1, -0.05) is 0 Å². The van der Waals surface area contributed by atoms with Gasteiger partial charge in [0.15, 0.2) is 0 Å². The molecule has 0 radical (unpaired) electrons. The van der Waals surface area contributed by atoms with Crippen molar-refractivity contribution in [1.29, 1.82) is 0 Å². The van der Waals surface area contributed by atoms with E-state index in [9.17, 15) is 26.4 Å². The monoisotopic (exact) mass is 467 g/mol. The Kier molecular flexibility index (Phi) is 5.83. The van der Waals surface area contributed by atoms with E-state index in [4.69, 9.17) is 0 Å². The normalized spacial score (nSPS) is 16.8. The molecule has 172 valence electrons. The van der Waals surface area contributed by atoms with E-state index in [-0.39, 0.29) is 11.3 Å². The molecule has 0 saturated carbocycles. The summed E-state index contributed by atoms with van der Waals surface area (Å²) in [7, 11) is -3.43.